The number of aromatic nitrogens is 1. The second-order valence-electron chi connectivity index (χ2n) is 4.24. The fourth-order valence-corrected chi connectivity index (χ4v) is 2.39. The molecular formula is C12H17Cl2N3O. The molecule has 0 radical (unpaired) electrons. The molecule has 100 valence electrons. The molecule has 0 bridgehead atoms. The Morgan fingerprint density at radius 2 is 2.17 bits per heavy atom. The number of rotatable bonds is 4. The molecule has 4 nitrogen and oxygen atoms in total. The number of halogens is 2. The van der Waals surface area contributed by atoms with Crippen LogP contribution in [-0.4, -0.2) is 30.8 Å². The Bertz CT molecular complexity index is 409. The molecule has 1 unspecified atom stereocenters. The maximum atomic E-state index is 6.14. The number of hydrogen-bond acceptors (Lipinski definition) is 4. The molecule has 0 aliphatic carbocycles. The summed E-state index contributed by atoms with van der Waals surface area (Å²) in [7, 11) is 0. The number of nitrogens with zero attached hydrogens (tertiary/aromatic N) is 1. The average Bonchev–Trinajstić information content (AvgIpc) is 2.37. The van der Waals surface area contributed by atoms with Gasteiger partial charge in [0.05, 0.1) is 22.7 Å². The van der Waals surface area contributed by atoms with Crippen LogP contribution in [0.3, 0.4) is 0 Å². The fraction of sp³-hybridized carbons (Fsp3) is 0.583. The molecule has 18 heavy (non-hydrogen) atoms. The van der Waals surface area contributed by atoms with Gasteiger partial charge in [0.1, 0.15) is 11.6 Å². The molecule has 2 N–H and O–H groups in total. The number of hydrogen-bond donors (Lipinski definition) is 2. The largest absolute Gasteiger partial charge is 0.379 e. The monoisotopic (exact) mass is 289 g/mol. The van der Waals surface area contributed by atoms with Gasteiger partial charge in [0.25, 0.3) is 0 Å². The van der Waals surface area contributed by atoms with Crippen molar-refractivity contribution in [2.45, 2.75) is 25.8 Å². The summed E-state index contributed by atoms with van der Waals surface area (Å²) in [5.41, 5.74) is 0. The van der Waals surface area contributed by atoms with E-state index in [2.05, 4.69) is 15.6 Å². The van der Waals surface area contributed by atoms with E-state index in [1.165, 1.54) is 0 Å². The number of anilines is 2. The first-order chi connectivity index (χ1) is 8.70. The van der Waals surface area contributed by atoms with Crippen molar-refractivity contribution in [2.24, 2.45) is 0 Å². The highest BCUT2D eigenvalue weighted by atomic mass is 35.5. The Morgan fingerprint density at radius 3 is 2.83 bits per heavy atom. The Labute approximate surface area is 117 Å². The molecule has 1 atom stereocenters. The third kappa shape index (κ3) is 3.40. The zero-order valence-corrected chi connectivity index (χ0v) is 11.8. The van der Waals surface area contributed by atoms with Crippen LogP contribution in [0.4, 0.5) is 11.6 Å². The molecule has 1 aromatic rings. The van der Waals surface area contributed by atoms with Crippen molar-refractivity contribution in [3.63, 3.8) is 0 Å². The van der Waals surface area contributed by atoms with Gasteiger partial charge in [-0.25, -0.2) is 4.98 Å². The summed E-state index contributed by atoms with van der Waals surface area (Å²) >= 11 is 12.2. The van der Waals surface area contributed by atoms with Crippen LogP contribution in [0.25, 0.3) is 0 Å². The third-order valence-corrected chi connectivity index (χ3v) is 3.35. The van der Waals surface area contributed by atoms with Gasteiger partial charge in [-0.05, 0) is 25.8 Å². The first kappa shape index (κ1) is 13.7. The second kappa shape index (κ2) is 6.45. The van der Waals surface area contributed by atoms with E-state index >= 15 is 0 Å². The Balaban J connectivity index is 2.12. The van der Waals surface area contributed by atoms with Crippen LogP contribution in [0.2, 0.25) is 10.0 Å². The third-order valence-electron chi connectivity index (χ3n) is 2.77. The summed E-state index contributed by atoms with van der Waals surface area (Å²) in [6, 6.07) is 1.97. The van der Waals surface area contributed by atoms with E-state index in [9.17, 15) is 0 Å². The molecule has 0 aromatic carbocycles. The molecular weight excluding hydrogens is 273 g/mol. The van der Waals surface area contributed by atoms with Gasteiger partial charge in [0.15, 0.2) is 0 Å². The van der Waals surface area contributed by atoms with Gasteiger partial charge in [-0.1, -0.05) is 23.2 Å². The van der Waals surface area contributed by atoms with E-state index < -0.39 is 0 Å². The first-order valence-corrected chi connectivity index (χ1v) is 6.90. The molecule has 1 aliphatic heterocycles. The van der Waals surface area contributed by atoms with Crippen LogP contribution in [-0.2, 0) is 4.74 Å². The lowest BCUT2D eigenvalue weighted by Crippen LogP contribution is -2.30. The molecule has 0 spiro atoms. The lowest BCUT2D eigenvalue weighted by atomic mass is 10.1. The minimum absolute atomic E-state index is 0.263. The van der Waals surface area contributed by atoms with Crippen LogP contribution in [0.1, 0.15) is 19.8 Å². The zero-order chi connectivity index (χ0) is 13.0. The van der Waals surface area contributed by atoms with Crippen LogP contribution >= 0.6 is 23.2 Å². The molecule has 1 aliphatic rings. The van der Waals surface area contributed by atoms with E-state index in [4.69, 9.17) is 27.9 Å². The maximum Gasteiger partial charge on any atom is 0.147 e. The summed E-state index contributed by atoms with van der Waals surface area (Å²) in [6.07, 6.45) is 2.13. The summed E-state index contributed by atoms with van der Waals surface area (Å²) in [5.74, 6) is 1.32. The van der Waals surface area contributed by atoms with Crippen molar-refractivity contribution in [1.29, 1.82) is 0 Å². The first-order valence-electron chi connectivity index (χ1n) is 6.15. The Hall–Kier alpha value is -0.710. The number of nitrogens with one attached hydrogen (secondary N) is 2. The van der Waals surface area contributed by atoms with Crippen LogP contribution in [0.15, 0.2) is 6.07 Å². The minimum Gasteiger partial charge on any atom is -0.379 e. The van der Waals surface area contributed by atoms with Gasteiger partial charge in [0.2, 0.25) is 0 Å². The molecule has 1 fully saturated rings. The second-order valence-corrected chi connectivity index (χ2v) is 5.05. The van der Waals surface area contributed by atoms with Crippen molar-refractivity contribution < 1.29 is 4.74 Å². The standard InChI is InChI=1S/C12H17Cl2N3O/c1-2-15-11-9(13)6-10(14)12(17-11)16-8-4-3-5-18-7-8/h6,8H,2-5,7H2,1H3,(H2,15,16,17). The molecule has 1 aromatic heterocycles. The zero-order valence-electron chi connectivity index (χ0n) is 10.3. The highest BCUT2D eigenvalue weighted by molar-refractivity contribution is 6.37. The van der Waals surface area contributed by atoms with Crippen molar-refractivity contribution in [3.05, 3.63) is 16.1 Å². The van der Waals surface area contributed by atoms with E-state index in [0.29, 0.717) is 28.3 Å². The lowest BCUT2D eigenvalue weighted by Gasteiger charge is -2.24. The molecule has 1 saturated heterocycles. The van der Waals surface area contributed by atoms with Crippen molar-refractivity contribution in [1.82, 2.24) is 4.98 Å². The van der Waals surface area contributed by atoms with Gasteiger partial charge in [-0.15, -0.1) is 0 Å². The summed E-state index contributed by atoms with van der Waals surface area (Å²) in [5, 5.41) is 7.49. The predicted octanol–water partition coefficient (Wildman–Crippen LogP) is 3.41. The number of pyridine rings is 1. The van der Waals surface area contributed by atoms with Crippen molar-refractivity contribution >= 4 is 34.8 Å². The molecule has 2 heterocycles. The number of ether oxygens (including phenoxy) is 1. The summed E-state index contributed by atoms with van der Waals surface area (Å²) < 4.78 is 5.42. The highest BCUT2D eigenvalue weighted by Crippen LogP contribution is 2.30. The Kier molecular flexibility index (Phi) is 4.92. The van der Waals surface area contributed by atoms with Crippen LogP contribution in [0, 0.1) is 0 Å². The topological polar surface area (TPSA) is 46.2 Å². The SMILES string of the molecule is CCNc1nc(NC2CCCOC2)c(Cl)cc1Cl. The van der Waals surface area contributed by atoms with Gasteiger partial charge < -0.3 is 15.4 Å². The van der Waals surface area contributed by atoms with Gasteiger partial charge in [-0.3, -0.25) is 0 Å². The van der Waals surface area contributed by atoms with Crippen LogP contribution < -0.4 is 10.6 Å². The fourth-order valence-electron chi connectivity index (χ4n) is 1.91. The molecule has 6 heteroatoms. The van der Waals surface area contributed by atoms with Gasteiger partial charge >= 0.3 is 0 Å². The molecule has 2 rings (SSSR count). The Morgan fingerprint density at radius 1 is 1.39 bits per heavy atom. The van der Waals surface area contributed by atoms with E-state index in [0.717, 1.165) is 26.0 Å². The van der Waals surface area contributed by atoms with E-state index in [-0.39, 0.29) is 6.04 Å². The van der Waals surface area contributed by atoms with Crippen molar-refractivity contribution in [2.75, 3.05) is 30.4 Å². The van der Waals surface area contributed by atoms with Gasteiger partial charge in [-0.2, -0.15) is 0 Å². The highest BCUT2D eigenvalue weighted by Gasteiger charge is 2.16. The van der Waals surface area contributed by atoms with E-state index in [1.54, 1.807) is 6.07 Å². The normalized spacial score (nSPS) is 19.6. The predicted molar refractivity (Wildman–Crippen MR) is 75.9 cm³/mol. The summed E-state index contributed by atoms with van der Waals surface area (Å²) in [4.78, 5) is 4.41. The summed E-state index contributed by atoms with van der Waals surface area (Å²) in [6.45, 7) is 4.29. The van der Waals surface area contributed by atoms with Gasteiger partial charge in [0, 0.05) is 13.2 Å². The molecule has 0 saturated carbocycles. The van der Waals surface area contributed by atoms with E-state index in [1.807, 2.05) is 6.92 Å². The minimum atomic E-state index is 0.263. The van der Waals surface area contributed by atoms with Crippen LogP contribution in [0.5, 0.6) is 0 Å². The quantitative estimate of drug-likeness (QED) is 0.892. The maximum absolute atomic E-state index is 6.14. The smallest absolute Gasteiger partial charge is 0.147 e. The lowest BCUT2D eigenvalue weighted by molar-refractivity contribution is 0.0875. The van der Waals surface area contributed by atoms with Crippen molar-refractivity contribution in [3.8, 4) is 0 Å². The molecule has 0 amide bonds. The average molecular weight is 290 g/mol.